The van der Waals surface area contributed by atoms with Gasteiger partial charge in [0.25, 0.3) is 0 Å². The van der Waals surface area contributed by atoms with Crippen molar-refractivity contribution in [2.45, 2.75) is 25.8 Å². The second-order valence-corrected chi connectivity index (χ2v) is 4.31. The van der Waals surface area contributed by atoms with Gasteiger partial charge >= 0.3 is 0 Å². The highest BCUT2D eigenvalue weighted by molar-refractivity contribution is 5.58. The van der Waals surface area contributed by atoms with Crippen LogP contribution in [-0.2, 0) is 0 Å². The largest absolute Gasteiger partial charge is 0.496 e. The van der Waals surface area contributed by atoms with Gasteiger partial charge in [0.15, 0.2) is 0 Å². The highest BCUT2D eigenvalue weighted by Crippen LogP contribution is 2.21. The minimum atomic E-state index is 0.533. The summed E-state index contributed by atoms with van der Waals surface area (Å²) in [6, 6.07) is 6.79. The van der Waals surface area contributed by atoms with Crippen LogP contribution in [0.25, 0.3) is 6.08 Å². The van der Waals surface area contributed by atoms with Crippen molar-refractivity contribution in [3.05, 3.63) is 35.4 Å². The quantitative estimate of drug-likeness (QED) is 0.840. The third-order valence-corrected chi connectivity index (χ3v) is 2.99. The lowest BCUT2D eigenvalue weighted by molar-refractivity contribution is 0.413. The summed E-state index contributed by atoms with van der Waals surface area (Å²) in [5.41, 5.74) is 2.43. The minimum absolute atomic E-state index is 0.533. The lowest BCUT2D eigenvalue weighted by atomic mass is 10.1. The van der Waals surface area contributed by atoms with Crippen LogP contribution in [0, 0.1) is 6.92 Å². The fraction of sp³-hybridized carbons (Fsp3) is 0.429. The van der Waals surface area contributed by atoms with Crippen LogP contribution in [0.1, 0.15) is 24.0 Å². The van der Waals surface area contributed by atoms with Gasteiger partial charge < -0.3 is 10.1 Å². The summed E-state index contributed by atoms with van der Waals surface area (Å²) < 4.78 is 5.34. The monoisotopic (exact) mass is 217 g/mol. The highest BCUT2D eigenvalue weighted by atomic mass is 16.5. The van der Waals surface area contributed by atoms with E-state index in [-0.39, 0.29) is 0 Å². The van der Waals surface area contributed by atoms with Crippen LogP contribution in [0.15, 0.2) is 24.3 Å². The van der Waals surface area contributed by atoms with E-state index in [0.717, 1.165) is 17.9 Å². The Morgan fingerprint density at radius 2 is 2.31 bits per heavy atom. The van der Waals surface area contributed by atoms with Crippen LogP contribution >= 0.6 is 0 Å². The Labute approximate surface area is 97.3 Å². The molecule has 1 saturated heterocycles. The Hall–Kier alpha value is -1.28. The van der Waals surface area contributed by atoms with Crippen molar-refractivity contribution in [1.29, 1.82) is 0 Å². The molecule has 0 radical (unpaired) electrons. The molecule has 1 aliphatic heterocycles. The van der Waals surface area contributed by atoms with E-state index in [1.807, 2.05) is 6.07 Å². The third-order valence-electron chi connectivity index (χ3n) is 2.99. The van der Waals surface area contributed by atoms with Crippen molar-refractivity contribution in [3.63, 3.8) is 0 Å². The van der Waals surface area contributed by atoms with Gasteiger partial charge in [0.05, 0.1) is 7.11 Å². The van der Waals surface area contributed by atoms with E-state index >= 15 is 0 Å². The lowest BCUT2D eigenvalue weighted by Crippen LogP contribution is -2.17. The van der Waals surface area contributed by atoms with Crippen molar-refractivity contribution >= 4 is 6.08 Å². The van der Waals surface area contributed by atoms with Crippen LogP contribution in [0.5, 0.6) is 5.75 Å². The molecule has 0 spiro atoms. The summed E-state index contributed by atoms with van der Waals surface area (Å²) in [6.07, 6.45) is 6.92. The fourth-order valence-electron chi connectivity index (χ4n) is 2.08. The Morgan fingerprint density at radius 1 is 1.44 bits per heavy atom. The molecular weight excluding hydrogens is 198 g/mol. The van der Waals surface area contributed by atoms with E-state index in [4.69, 9.17) is 4.74 Å². The zero-order valence-electron chi connectivity index (χ0n) is 9.99. The molecule has 2 rings (SSSR count). The fourth-order valence-corrected chi connectivity index (χ4v) is 2.08. The predicted octanol–water partition coefficient (Wildman–Crippen LogP) is 2.77. The molecule has 0 saturated carbocycles. The van der Waals surface area contributed by atoms with E-state index in [2.05, 4.69) is 36.5 Å². The number of nitrogens with one attached hydrogen (secondary N) is 1. The summed E-state index contributed by atoms with van der Waals surface area (Å²) >= 11 is 0. The lowest BCUT2D eigenvalue weighted by Gasteiger charge is -2.07. The Morgan fingerprint density at radius 3 is 3.00 bits per heavy atom. The molecule has 86 valence electrons. The zero-order chi connectivity index (χ0) is 11.4. The van der Waals surface area contributed by atoms with Crippen molar-refractivity contribution in [3.8, 4) is 5.75 Å². The number of ether oxygens (including phenoxy) is 1. The van der Waals surface area contributed by atoms with Crippen molar-refractivity contribution in [2.75, 3.05) is 13.7 Å². The van der Waals surface area contributed by atoms with Gasteiger partial charge in [0.1, 0.15) is 5.75 Å². The number of benzene rings is 1. The standard InChI is InChI=1S/C14H19NO/c1-11-5-8-14(16-2)12(10-11)6-7-13-4-3-9-15-13/h5-8,10,13,15H,3-4,9H2,1-2H3/b7-6+. The van der Waals surface area contributed by atoms with Crippen molar-refractivity contribution in [1.82, 2.24) is 5.32 Å². The van der Waals surface area contributed by atoms with Gasteiger partial charge in [0, 0.05) is 11.6 Å². The van der Waals surface area contributed by atoms with E-state index in [1.54, 1.807) is 7.11 Å². The van der Waals surface area contributed by atoms with E-state index in [9.17, 15) is 0 Å². The van der Waals surface area contributed by atoms with Crippen molar-refractivity contribution in [2.24, 2.45) is 0 Å². The predicted molar refractivity (Wildman–Crippen MR) is 67.8 cm³/mol. The van der Waals surface area contributed by atoms with Crippen LogP contribution in [0.4, 0.5) is 0 Å². The van der Waals surface area contributed by atoms with E-state index < -0.39 is 0 Å². The maximum atomic E-state index is 5.34. The Balaban J connectivity index is 2.15. The Bertz CT molecular complexity index is 378. The van der Waals surface area contributed by atoms with Crippen LogP contribution in [0.3, 0.4) is 0 Å². The SMILES string of the molecule is COc1ccc(C)cc1/C=C/C1CCCN1. The molecular formula is C14H19NO. The minimum Gasteiger partial charge on any atom is -0.496 e. The highest BCUT2D eigenvalue weighted by Gasteiger charge is 2.10. The molecule has 1 atom stereocenters. The Kier molecular flexibility index (Phi) is 3.62. The molecule has 0 aliphatic carbocycles. The number of methoxy groups -OCH3 is 1. The first-order chi connectivity index (χ1) is 7.79. The maximum Gasteiger partial charge on any atom is 0.126 e. The molecule has 0 bridgehead atoms. The normalized spacial score (nSPS) is 20.5. The smallest absolute Gasteiger partial charge is 0.126 e. The first kappa shape index (κ1) is 11.2. The number of hydrogen-bond acceptors (Lipinski definition) is 2. The van der Waals surface area contributed by atoms with Gasteiger partial charge in [-0.15, -0.1) is 0 Å². The first-order valence-electron chi connectivity index (χ1n) is 5.86. The van der Waals surface area contributed by atoms with Crippen LogP contribution in [0.2, 0.25) is 0 Å². The molecule has 0 aromatic heterocycles. The molecule has 1 unspecified atom stereocenters. The summed E-state index contributed by atoms with van der Waals surface area (Å²) in [5, 5.41) is 3.45. The molecule has 1 aromatic rings. The molecule has 2 heteroatoms. The van der Waals surface area contributed by atoms with E-state index in [0.29, 0.717) is 6.04 Å². The molecule has 2 nitrogen and oxygen atoms in total. The van der Waals surface area contributed by atoms with Gasteiger partial charge in [0.2, 0.25) is 0 Å². The van der Waals surface area contributed by atoms with Gasteiger partial charge in [-0.3, -0.25) is 0 Å². The first-order valence-corrected chi connectivity index (χ1v) is 5.86. The summed E-state index contributed by atoms with van der Waals surface area (Å²) in [6.45, 7) is 3.24. The third kappa shape index (κ3) is 2.64. The second kappa shape index (κ2) is 5.17. The maximum absolute atomic E-state index is 5.34. The average molecular weight is 217 g/mol. The van der Waals surface area contributed by atoms with E-state index in [1.165, 1.54) is 18.4 Å². The zero-order valence-corrected chi connectivity index (χ0v) is 9.99. The van der Waals surface area contributed by atoms with Gasteiger partial charge in [-0.2, -0.15) is 0 Å². The summed E-state index contributed by atoms with van der Waals surface area (Å²) in [7, 11) is 1.72. The number of rotatable bonds is 3. The topological polar surface area (TPSA) is 21.3 Å². The molecule has 16 heavy (non-hydrogen) atoms. The molecule has 0 amide bonds. The average Bonchev–Trinajstić information content (AvgIpc) is 2.79. The molecule has 1 N–H and O–H groups in total. The van der Waals surface area contributed by atoms with Crippen LogP contribution < -0.4 is 10.1 Å². The number of hydrogen-bond donors (Lipinski definition) is 1. The molecule has 1 heterocycles. The molecule has 1 fully saturated rings. The van der Waals surface area contributed by atoms with Gasteiger partial charge in [-0.25, -0.2) is 0 Å². The molecule has 1 aromatic carbocycles. The van der Waals surface area contributed by atoms with Crippen LogP contribution in [-0.4, -0.2) is 19.7 Å². The second-order valence-electron chi connectivity index (χ2n) is 4.31. The summed E-state index contributed by atoms with van der Waals surface area (Å²) in [5.74, 6) is 0.944. The van der Waals surface area contributed by atoms with Crippen molar-refractivity contribution < 1.29 is 4.74 Å². The molecule has 1 aliphatic rings. The van der Waals surface area contributed by atoms with Gasteiger partial charge in [-0.05, 0) is 38.4 Å². The number of aryl methyl sites for hydroxylation is 1. The summed E-state index contributed by atoms with van der Waals surface area (Å²) in [4.78, 5) is 0. The van der Waals surface area contributed by atoms with Gasteiger partial charge in [-0.1, -0.05) is 23.8 Å².